The number of carbonyl (C=O) groups is 1. The highest BCUT2D eigenvalue weighted by Crippen LogP contribution is 2.17. The number of sulfone groups is 1. The van der Waals surface area contributed by atoms with Gasteiger partial charge in [0.1, 0.15) is 0 Å². The fraction of sp³-hybridized carbons (Fsp3) is 0.462. The molecular weight excluding hydrogens is 278 g/mol. The van der Waals surface area contributed by atoms with Gasteiger partial charge in [-0.1, -0.05) is 12.1 Å². The standard InChI is InChI=1S/C13H19N3O3S/c14-7-10-1-3-12(4-2-10)16-13(17)15-8-11-5-6-20(18,19)9-11/h1-4,11H,5-9,14H2,(H2,15,16,17). The third kappa shape index (κ3) is 4.21. The summed E-state index contributed by atoms with van der Waals surface area (Å²) in [6, 6.07) is 6.93. The molecule has 6 nitrogen and oxygen atoms in total. The van der Waals surface area contributed by atoms with E-state index in [-0.39, 0.29) is 23.5 Å². The third-order valence-corrected chi connectivity index (χ3v) is 5.16. The number of nitrogens with two attached hydrogens (primary N) is 1. The minimum Gasteiger partial charge on any atom is -0.338 e. The highest BCUT2D eigenvalue weighted by molar-refractivity contribution is 7.91. The molecule has 0 bridgehead atoms. The molecule has 0 spiro atoms. The van der Waals surface area contributed by atoms with E-state index in [0.717, 1.165) is 5.56 Å². The number of anilines is 1. The lowest BCUT2D eigenvalue weighted by atomic mass is 10.1. The van der Waals surface area contributed by atoms with Gasteiger partial charge in [-0.05, 0) is 30.0 Å². The zero-order chi connectivity index (χ0) is 14.6. The first-order valence-electron chi connectivity index (χ1n) is 6.53. The van der Waals surface area contributed by atoms with Gasteiger partial charge in [0.05, 0.1) is 11.5 Å². The molecule has 110 valence electrons. The zero-order valence-electron chi connectivity index (χ0n) is 11.1. The van der Waals surface area contributed by atoms with Gasteiger partial charge in [-0.25, -0.2) is 13.2 Å². The van der Waals surface area contributed by atoms with Crippen molar-refractivity contribution in [3.05, 3.63) is 29.8 Å². The van der Waals surface area contributed by atoms with E-state index in [1.54, 1.807) is 12.1 Å². The Morgan fingerprint density at radius 1 is 1.30 bits per heavy atom. The molecule has 1 aromatic carbocycles. The minimum atomic E-state index is -2.89. The van der Waals surface area contributed by atoms with Gasteiger partial charge in [-0.15, -0.1) is 0 Å². The second-order valence-electron chi connectivity index (χ2n) is 5.01. The van der Waals surface area contributed by atoms with Crippen molar-refractivity contribution >= 4 is 21.6 Å². The summed E-state index contributed by atoms with van der Waals surface area (Å²) < 4.78 is 22.6. The maximum absolute atomic E-state index is 11.7. The number of urea groups is 1. The molecule has 0 saturated carbocycles. The van der Waals surface area contributed by atoms with Gasteiger partial charge >= 0.3 is 6.03 Å². The zero-order valence-corrected chi connectivity index (χ0v) is 11.9. The summed E-state index contributed by atoms with van der Waals surface area (Å²) in [4.78, 5) is 11.7. The lowest BCUT2D eigenvalue weighted by Gasteiger charge is -2.11. The average Bonchev–Trinajstić information content (AvgIpc) is 2.77. The topological polar surface area (TPSA) is 101 Å². The van der Waals surface area contributed by atoms with Crippen LogP contribution in [0.15, 0.2) is 24.3 Å². The number of amides is 2. The Balaban J connectivity index is 1.78. The number of carbonyl (C=O) groups excluding carboxylic acids is 1. The lowest BCUT2D eigenvalue weighted by molar-refractivity contribution is 0.250. The molecule has 7 heteroatoms. The van der Waals surface area contributed by atoms with E-state index >= 15 is 0 Å². The van der Waals surface area contributed by atoms with Gasteiger partial charge in [0.25, 0.3) is 0 Å². The van der Waals surface area contributed by atoms with E-state index in [9.17, 15) is 13.2 Å². The van der Waals surface area contributed by atoms with Crippen LogP contribution >= 0.6 is 0 Å². The number of hydrogen-bond acceptors (Lipinski definition) is 4. The Kier molecular flexibility index (Phi) is 4.61. The molecule has 0 radical (unpaired) electrons. The van der Waals surface area contributed by atoms with Crippen molar-refractivity contribution in [1.29, 1.82) is 0 Å². The van der Waals surface area contributed by atoms with Crippen molar-refractivity contribution in [1.82, 2.24) is 5.32 Å². The van der Waals surface area contributed by atoms with E-state index in [1.807, 2.05) is 12.1 Å². The van der Waals surface area contributed by atoms with Crippen LogP contribution in [0.1, 0.15) is 12.0 Å². The molecule has 1 fully saturated rings. The minimum absolute atomic E-state index is 0.0189. The Labute approximate surface area is 118 Å². The quantitative estimate of drug-likeness (QED) is 0.761. The van der Waals surface area contributed by atoms with E-state index in [1.165, 1.54) is 0 Å². The normalized spacial score (nSPS) is 20.6. The molecule has 2 rings (SSSR count). The van der Waals surface area contributed by atoms with Crippen LogP contribution in [0.3, 0.4) is 0 Å². The Bertz CT molecular complexity index is 569. The van der Waals surface area contributed by atoms with Gasteiger partial charge in [-0.3, -0.25) is 0 Å². The van der Waals surface area contributed by atoms with Crippen molar-refractivity contribution in [3.63, 3.8) is 0 Å². The highest BCUT2D eigenvalue weighted by atomic mass is 32.2. The van der Waals surface area contributed by atoms with Crippen LogP contribution in [0.2, 0.25) is 0 Å². The average molecular weight is 297 g/mol. The lowest BCUT2D eigenvalue weighted by Crippen LogP contribution is -2.33. The first-order chi connectivity index (χ1) is 9.48. The van der Waals surface area contributed by atoms with E-state index in [0.29, 0.717) is 25.2 Å². The molecule has 1 saturated heterocycles. The summed E-state index contributed by atoms with van der Waals surface area (Å²) >= 11 is 0. The Hall–Kier alpha value is -1.60. The van der Waals surface area contributed by atoms with Gasteiger partial charge < -0.3 is 16.4 Å². The van der Waals surface area contributed by atoms with Crippen LogP contribution in [0.25, 0.3) is 0 Å². The van der Waals surface area contributed by atoms with E-state index in [2.05, 4.69) is 10.6 Å². The molecule has 1 atom stereocenters. The van der Waals surface area contributed by atoms with Crippen molar-refractivity contribution in [2.24, 2.45) is 11.7 Å². The predicted molar refractivity (Wildman–Crippen MR) is 78.1 cm³/mol. The SMILES string of the molecule is NCc1ccc(NC(=O)NCC2CCS(=O)(=O)C2)cc1. The maximum atomic E-state index is 11.7. The Morgan fingerprint density at radius 2 is 2.00 bits per heavy atom. The maximum Gasteiger partial charge on any atom is 0.319 e. The highest BCUT2D eigenvalue weighted by Gasteiger charge is 2.27. The van der Waals surface area contributed by atoms with Crippen molar-refractivity contribution in [2.75, 3.05) is 23.4 Å². The first-order valence-corrected chi connectivity index (χ1v) is 8.35. The summed E-state index contributed by atoms with van der Waals surface area (Å²) in [5.74, 6) is 0.408. The van der Waals surface area contributed by atoms with Crippen LogP contribution in [0, 0.1) is 5.92 Å². The summed E-state index contributed by atoms with van der Waals surface area (Å²) in [5, 5.41) is 5.40. The summed E-state index contributed by atoms with van der Waals surface area (Å²) in [6.07, 6.45) is 0.619. The summed E-state index contributed by atoms with van der Waals surface area (Å²) in [7, 11) is -2.89. The van der Waals surface area contributed by atoms with Gasteiger partial charge in [0.15, 0.2) is 9.84 Å². The second-order valence-corrected chi connectivity index (χ2v) is 7.23. The molecule has 1 unspecified atom stereocenters. The number of benzene rings is 1. The van der Waals surface area contributed by atoms with Crippen LogP contribution in [-0.2, 0) is 16.4 Å². The van der Waals surface area contributed by atoms with Crippen LogP contribution in [0.5, 0.6) is 0 Å². The molecule has 1 aliphatic heterocycles. The molecule has 1 aliphatic rings. The third-order valence-electron chi connectivity index (χ3n) is 3.33. The van der Waals surface area contributed by atoms with Gasteiger partial charge in [0.2, 0.25) is 0 Å². The fourth-order valence-corrected chi connectivity index (χ4v) is 4.03. The first kappa shape index (κ1) is 14.8. The monoisotopic (exact) mass is 297 g/mol. The van der Waals surface area contributed by atoms with E-state index in [4.69, 9.17) is 5.73 Å². The fourth-order valence-electron chi connectivity index (χ4n) is 2.17. The molecule has 0 aliphatic carbocycles. The second kappa shape index (κ2) is 6.23. The number of rotatable bonds is 4. The molecular formula is C13H19N3O3S. The Morgan fingerprint density at radius 3 is 2.55 bits per heavy atom. The van der Waals surface area contributed by atoms with Crippen LogP contribution < -0.4 is 16.4 Å². The molecule has 0 aromatic heterocycles. The van der Waals surface area contributed by atoms with Gasteiger partial charge in [-0.2, -0.15) is 0 Å². The summed E-state index contributed by atoms with van der Waals surface area (Å²) in [5.41, 5.74) is 7.16. The van der Waals surface area contributed by atoms with Crippen LogP contribution in [-0.4, -0.2) is 32.5 Å². The van der Waals surface area contributed by atoms with Gasteiger partial charge in [0, 0.05) is 18.8 Å². The van der Waals surface area contributed by atoms with Crippen molar-refractivity contribution in [2.45, 2.75) is 13.0 Å². The molecule has 1 heterocycles. The molecule has 4 N–H and O–H groups in total. The number of hydrogen-bond donors (Lipinski definition) is 3. The van der Waals surface area contributed by atoms with Crippen molar-refractivity contribution < 1.29 is 13.2 Å². The van der Waals surface area contributed by atoms with Crippen LogP contribution in [0.4, 0.5) is 10.5 Å². The molecule has 20 heavy (non-hydrogen) atoms. The largest absolute Gasteiger partial charge is 0.338 e. The van der Waals surface area contributed by atoms with E-state index < -0.39 is 9.84 Å². The molecule has 1 aromatic rings. The number of nitrogens with one attached hydrogen (secondary N) is 2. The smallest absolute Gasteiger partial charge is 0.319 e. The predicted octanol–water partition coefficient (Wildman–Crippen LogP) is 0.702. The summed E-state index contributed by atoms with van der Waals surface area (Å²) in [6.45, 7) is 0.842. The molecule has 2 amide bonds. The van der Waals surface area contributed by atoms with Crippen molar-refractivity contribution in [3.8, 4) is 0 Å².